The van der Waals surface area contributed by atoms with Crippen molar-refractivity contribution >= 4 is 0 Å². The number of aliphatic hydroxyl groups is 1. The molecule has 3 nitrogen and oxygen atoms in total. The van der Waals surface area contributed by atoms with E-state index in [1.807, 2.05) is 6.92 Å². The van der Waals surface area contributed by atoms with Crippen molar-refractivity contribution in [2.24, 2.45) is 0 Å². The number of aryl methyl sites for hydroxylation is 1. The summed E-state index contributed by atoms with van der Waals surface area (Å²) in [7, 11) is 1.65. The molecule has 0 amide bonds. The first-order chi connectivity index (χ1) is 8.17. The van der Waals surface area contributed by atoms with Gasteiger partial charge in [0.05, 0.1) is 13.2 Å². The van der Waals surface area contributed by atoms with Crippen LogP contribution in [0.1, 0.15) is 11.1 Å². The molecule has 0 aliphatic rings. The molecule has 0 spiro atoms. The fraction of sp³-hybridized carbons (Fsp3) is 0.538. The number of hydrogen-bond acceptors (Lipinski definition) is 3. The predicted octanol–water partition coefficient (Wildman–Crippen LogP) is 1.57. The minimum atomic E-state index is -0.211. The van der Waals surface area contributed by atoms with Gasteiger partial charge in [0.25, 0.3) is 0 Å². The molecule has 0 unspecified atom stereocenters. The molecule has 0 saturated carbocycles. The summed E-state index contributed by atoms with van der Waals surface area (Å²) in [4.78, 5) is 2.09. The highest BCUT2D eigenvalue weighted by Gasteiger charge is 2.07. The van der Waals surface area contributed by atoms with Gasteiger partial charge in [0.15, 0.2) is 0 Å². The average Bonchev–Trinajstić information content (AvgIpc) is 2.29. The van der Waals surface area contributed by atoms with Crippen LogP contribution in [0.2, 0.25) is 0 Å². The Morgan fingerprint density at radius 1 is 1.35 bits per heavy atom. The van der Waals surface area contributed by atoms with Crippen LogP contribution in [0.3, 0.4) is 0 Å². The van der Waals surface area contributed by atoms with Gasteiger partial charge in [0, 0.05) is 26.7 Å². The number of ether oxygens (including phenoxy) is 1. The fourth-order valence-electron chi connectivity index (χ4n) is 1.71. The Bertz CT molecular complexity index is 344. The van der Waals surface area contributed by atoms with Crippen LogP contribution in [0, 0.1) is 12.7 Å². The quantitative estimate of drug-likeness (QED) is 0.786. The molecule has 0 radical (unpaired) electrons. The van der Waals surface area contributed by atoms with Crippen molar-refractivity contribution in [2.45, 2.75) is 13.5 Å². The van der Waals surface area contributed by atoms with Crippen LogP contribution >= 0.6 is 0 Å². The second-order valence-corrected chi connectivity index (χ2v) is 4.06. The molecule has 0 saturated heterocycles. The summed E-state index contributed by atoms with van der Waals surface area (Å²) in [5.41, 5.74) is 2.02. The fourth-order valence-corrected chi connectivity index (χ4v) is 1.71. The van der Waals surface area contributed by atoms with Crippen molar-refractivity contribution in [3.63, 3.8) is 0 Å². The number of halogens is 1. The van der Waals surface area contributed by atoms with E-state index < -0.39 is 0 Å². The molecule has 0 aliphatic carbocycles. The third-order valence-corrected chi connectivity index (χ3v) is 2.73. The molecule has 0 heterocycles. The molecular weight excluding hydrogens is 221 g/mol. The van der Waals surface area contributed by atoms with Crippen molar-refractivity contribution in [1.82, 2.24) is 4.90 Å². The first kappa shape index (κ1) is 14.1. The smallest absolute Gasteiger partial charge is 0.123 e. The lowest BCUT2D eigenvalue weighted by Crippen LogP contribution is -2.30. The summed E-state index contributed by atoms with van der Waals surface area (Å²) in [6, 6.07) is 4.79. The number of rotatable bonds is 7. The zero-order chi connectivity index (χ0) is 12.7. The Kier molecular flexibility index (Phi) is 6.11. The number of hydrogen-bond donors (Lipinski definition) is 1. The molecule has 0 bridgehead atoms. The van der Waals surface area contributed by atoms with E-state index in [4.69, 9.17) is 9.84 Å². The Morgan fingerprint density at radius 2 is 2.12 bits per heavy atom. The molecule has 0 atom stereocenters. The molecule has 1 N–H and O–H groups in total. The van der Waals surface area contributed by atoms with Crippen molar-refractivity contribution in [2.75, 3.05) is 33.4 Å². The monoisotopic (exact) mass is 241 g/mol. The molecule has 1 aromatic carbocycles. The average molecular weight is 241 g/mol. The first-order valence-electron chi connectivity index (χ1n) is 5.74. The van der Waals surface area contributed by atoms with E-state index in [-0.39, 0.29) is 12.4 Å². The number of benzene rings is 1. The molecule has 0 fully saturated rings. The highest BCUT2D eigenvalue weighted by Crippen LogP contribution is 2.12. The van der Waals surface area contributed by atoms with E-state index in [1.54, 1.807) is 13.2 Å². The summed E-state index contributed by atoms with van der Waals surface area (Å²) in [6.07, 6.45) is 0. The summed E-state index contributed by atoms with van der Waals surface area (Å²) in [5.74, 6) is -0.211. The standard InChI is InChI=1S/C13H20FNO2/c1-11-9-13(14)4-3-12(11)10-15(5-7-16)6-8-17-2/h3-4,9,16H,5-8,10H2,1-2H3. The first-order valence-corrected chi connectivity index (χ1v) is 5.74. The van der Waals surface area contributed by atoms with Crippen molar-refractivity contribution in [1.29, 1.82) is 0 Å². The zero-order valence-corrected chi connectivity index (χ0v) is 10.4. The second-order valence-electron chi connectivity index (χ2n) is 4.06. The summed E-state index contributed by atoms with van der Waals surface area (Å²) < 4.78 is 18.0. The van der Waals surface area contributed by atoms with Crippen LogP contribution in [0.25, 0.3) is 0 Å². The largest absolute Gasteiger partial charge is 0.395 e. The van der Waals surface area contributed by atoms with Gasteiger partial charge in [0.2, 0.25) is 0 Å². The van der Waals surface area contributed by atoms with E-state index in [2.05, 4.69) is 4.90 Å². The lowest BCUT2D eigenvalue weighted by molar-refractivity contribution is 0.126. The van der Waals surface area contributed by atoms with E-state index in [0.29, 0.717) is 19.7 Å². The molecule has 0 aliphatic heterocycles. The Morgan fingerprint density at radius 3 is 2.71 bits per heavy atom. The van der Waals surface area contributed by atoms with Gasteiger partial charge in [-0.3, -0.25) is 4.90 Å². The van der Waals surface area contributed by atoms with E-state index >= 15 is 0 Å². The van der Waals surface area contributed by atoms with Crippen LogP contribution in [0.4, 0.5) is 4.39 Å². The van der Waals surface area contributed by atoms with Gasteiger partial charge in [-0.2, -0.15) is 0 Å². The predicted molar refractivity (Wildman–Crippen MR) is 65.4 cm³/mol. The molecular formula is C13H20FNO2. The number of nitrogens with zero attached hydrogens (tertiary/aromatic N) is 1. The van der Waals surface area contributed by atoms with Gasteiger partial charge in [-0.25, -0.2) is 4.39 Å². The number of methoxy groups -OCH3 is 1. The van der Waals surface area contributed by atoms with Gasteiger partial charge >= 0.3 is 0 Å². The summed E-state index contributed by atoms with van der Waals surface area (Å²) in [6.45, 7) is 4.69. The van der Waals surface area contributed by atoms with Gasteiger partial charge in [-0.05, 0) is 30.2 Å². The van der Waals surface area contributed by atoms with Crippen molar-refractivity contribution in [3.8, 4) is 0 Å². The topological polar surface area (TPSA) is 32.7 Å². The maximum Gasteiger partial charge on any atom is 0.123 e. The summed E-state index contributed by atoms with van der Waals surface area (Å²) >= 11 is 0. The minimum absolute atomic E-state index is 0.115. The minimum Gasteiger partial charge on any atom is -0.395 e. The van der Waals surface area contributed by atoms with Crippen molar-refractivity contribution in [3.05, 3.63) is 35.1 Å². The summed E-state index contributed by atoms with van der Waals surface area (Å²) in [5, 5.41) is 8.98. The van der Waals surface area contributed by atoms with Gasteiger partial charge < -0.3 is 9.84 Å². The molecule has 17 heavy (non-hydrogen) atoms. The molecule has 1 rings (SSSR count). The Labute approximate surface area is 102 Å². The second kappa shape index (κ2) is 7.37. The van der Waals surface area contributed by atoms with Crippen molar-refractivity contribution < 1.29 is 14.2 Å². The molecule has 4 heteroatoms. The lowest BCUT2D eigenvalue weighted by Gasteiger charge is -2.21. The van der Waals surface area contributed by atoms with Crippen LogP contribution < -0.4 is 0 Å². The van der Waals surface area contributed by atoms with Gasteiger partial charge in [-0.15, -0.1) is 0 Å². The number of aliphatic hydroxyl groups excluding tert-OH is 1. The highest BCUT2D eigenvalue weighted by molar-refractivity contribution is 5.26. The Balaban J connectivity index is 2.64. The van der Waals surface area contributed by atoms with Gasteiger partial charge in [-0.1, -0.05) is 6.07 Å². The Hall–Kier alpha value is -0.970. The van der Waals surface area contributed by atoms with E-state index in [0.717, 1.165) is 17.7 Å². The van der Waals surface area contributed by atoms with E-state index in [1.165, 1.54) is 12.1 Å². The van der Waals surface area contributed by atoms with Crippen LogP contribution in [0.15, 0.2) is 18.2 Å². The van der Waals surface area contributed by atoms with Crippen LogP contribution in [-0.2, 0) is 11.3 Å². The highest BCUT2D eigenvalue weighted by atomic mass is 19.1. The molecule has 1 aromatic rings. The SMILES string of the molecule is COCCN(CCO)Cc1ccc(F)cc1C. The van der Waals surface area contributed by atoms with Gasteiger partial charge in [0.1, 0.15) is 5.82 Å². The van der Waals surface area contributed by atoms with Crippen LogP contribution in [0.5, 0.6) is 0 Å². The zero-order valence-electron chi connectivity index (χ0n) is 10.4. The maximum absolute atomic E-state index is 13.0. The van der Waals surface area contributed by atoms with E-state index in [9.17, 15) is 4.39 Å². The van der Waals surface area contributed by atoms with Crippen LogP contribution in [-0.4, -0.2) is 43.4 Å². The third-order valence-electron chi connectivity index (χ3n) is 2.73. The molecule has 0 aromatic heterocycles. The lowest BCUT2D eigenvalue weighted by atomic mass is 10.1. The normalized spacial score (nSPS) is 11.1. The maximum atomic E-state index is 13.0. The third kappa shape index (κ3) is 4.81. The molecule has 96 valence electrons.